The molecule has 0 atom stereocenters. The third kappa shape index (κ3) is 4.69. The summed E-state index contributed by atoms with van der Waals surface area (Å²) in [7, 11) is -3.89. The molecular weight excluding hydrogens is 298 g/mol. The van der Waals surface area contributed by atoms with Gasteiger partial charge in [0.1, 0.15) is 11.3 Å². The van der Waals surface area contributed by atoms with Gasteiger partial charge in [-0.25, -0.2) is 17.9 Å². The van der Waals surface area contributed by atoms with Crippen LogP contribution in [0.4, 0.5) is 0 Å². The summed E-state index contributed by atoms with van der Waals surface area (Å²) in [5.74, 6) is -1.89. The second-order valence-electron chi connectivity index (χ2n) is 5.00. The molecule has 7 nitrogen and oxygen atoms in total. The van der Waals surface area contributed by atoms with E-state index in [0.29, 0.717) is 6.61 Å². The van der Waals surface area contributed by atoms with Gasteiger partial charge in [-0.05, 0) is 39.0 Å². The molecule has 3 N–H and O–H groups in total. The maximum Gasteiger partial charge on any atom is 0.339 e. The zero-order chi connectivity index (χ0) is 16.3. The molecule has 0 aliphatic rings. The monoisotopic (exact) mass is 317 g/mol. The van der Waals surface area contributed by atoms with Gasteiger partial charge >= 0.3 is 5.97 Å². The molecule has 1 aromatic carbocycles. The number of carboxylic acids is 1. The zero-order valence-corrected chi connectivity index (χ0v) is 12.9. The lowest BCUT2D eigenvalue weighted by Crippen LogP contribution is -2.40. The number of rotatable bonds is 7. The van der Waals surface area contributed by atoms with Crippen LogP contribution in [0.1, 0.15) is 31.1 Å². The van der Waals surface area contributed by atoms with Gasteiger partial charge in [0.05, 0.1) is 10.5 Å². The minimum absolute atomic E-state index is 0.0342. The molecule has 1 rings (SSSR count). The van der Waals surface area contributed by atoms with Crippen molar-refractivity contribution in [3.63, 3.8) is 0 Å². The van der Waals surface area contributed by atoms with E-state index in [9.17, 15) is 18.3 Å². The molecule has 0 amide bonds. The number of hydrogen-bond acceptors (Lipinski definition) is 5. The summed E-state index contributed by atoms with van der Waals surface area (Å²) in [4.78, 5) is 10.7. The number of phenols is 1. The van der Waals surface area contributed by atoms with E-state index in [-0.39, 0.29) is 11.4 Å². The Labute approximate surface area is 123 Å². The van der Waals surface area contributed by atoms with Crippen molar-refractivity contribution in [2.45, 2.75) is 31.3 Å². The minimum Gasteiger partial charge on any atom is -0.507 e. The highest BCUT2D eigenvalue weighted by atomic mass is 32.2. The van der Waals surface area contributed by atoms with Crippen LogP contribution in [0.15, 0.2) is 23.1 Å². The standard InChI is InChI=1S/C13H19NO6S/c1-4-20-13(2,3)8-14-21(18,19)9-5-6-11(15)10(7-9)12(16)17/h5-7,14-15H,4,8H2,1-3H3,(H,16,17). The average Bonchev–Trinajstić information content (AvgIpc) is 2.36. The van der Waals surface area contributed by atoms with Crippen molar-refractivity contribution >= 4 is 16.0 Å². The Morgan fingerprint density at radius 1 is 1.38 bits per heavy atom. The van der Waals surface area contributed by atoms with Crippen molar-refractivity contribution in [2.75, 3.05) is 13.2 Å². The first-order valence-electron chi connectivity index (χ1n) is 6.29. The van der Waals surface area contributed by atoms with Crippen LogP contribution in [0.3, 0.4) is 0 Å². The summed E-state index contributed by atoms with van der Waals surface area (Å²) in [5, 5.41) is 18.3. The average molecular weight is 317 g/mol. The molecule has 1 aromatic rings. The van der Waals surface area contributed by atoms with Gasteiger partial charge < -0.3 is 14.9 Å². The highest BCUT2D eigenvalue weighted by Gasteiger charge is 2.23. The molecule has 0 bridgehead atoms. The van der Waals surface area contributed by atoms with Crippen molar-refractivity contribution in [1.82, 2.24) is 4.72 Å². The fraction of sp³-hybridized carbons (Fsp3) is 0.462. The van der Waals surface area contributed by atoms with Gasteiger partial charge in [0, 0.05) is 13.2 Å². The van der Waals surface area contributed by atoms with E-state index in [2.05, 4.69) is 4.72 Å². The lowest BCUT2D eigenvalue weighted by molar-refractivity contribution is -0.00515. The van der Waals surface area contributed by atoms with Gasteiger partial charge in [0.15, 0.2) is 0 Å². The fourth-order valence-electron chi connectivity index (χ4n) is 1.65. The number of hydrogen-bond donors (Lipinski definition) is 3. The molecule has 0 unspecified atom stereocenters. The quantitative estimate of drug-likeness (QED) is 0.696. The van der Waals surface area contributed by atoms with Crippen molar-refractivity contribution in [3.8, 4) is 5.75 Å². The molecule has 0 heterocycles. The van der Waals surface area contributed by atoms with E-state index in [1.165, 1.54) is 0 Å². The van der Waals surface area contributed by atoms with Crippen molar-refractivity contribution < 1.29 is 28.2 Å². The minimum atomic E-state index is -3.89. The molecule has 0 aromatic heterocycles. The summed E-state index contributed by atoms with van der Waals surface area (Å²) in [6.07, 6.45) is 0. The van der Waals surface area contributed by atoms with Gasteiger partial charge in [-0.2, -0.15) is 0 Å². The van der Waals surface area contributed by atoms with E-state index in [1.807, 2.05) is 0 Å². The van der Waals surface area contributed by atoms with Crippen molar-refractivity contribution in [3.05, 3.63) is 23.8 Å². The number of carbonyl (C=O) groups is 1. The number of benzene rings is 1. The van der Waals surface area contributed by atoms with E-state index < -0.39 is 32.9 Å². The molecule has 0 spiro atoms. The third-order valence-electron chi connectivity index (χ3n) is 2.73. The number of sulfonamides is 1. The maximum atomic E-state index is 12.1. The molecule has 0 saturated carbocycles. The molecule has 0 aliphatic carbocycles. The Bertz CT molecular complexity index is 624. The lowest BCUT2D eigenvalue weighted by Gasteiger charge is -2.24. The predicted octanol–water partition coefficient (Wildman–Crippen LogP) is 1.18. The molecule has 0 aliphatic heterocycles. The molecule has 21 heavy (non-hydrogen) atoms. The summed E-state index contributed by atoms with van der Waals surface area (Å²) < 4.78 is 32.0. The highest BCUT2D eigenvalue weighted by Crippen LogP contribution is 2.21. The maximum absolute atomic E-state index is 12.1. The van der Waals surface area contributed by atoms with Crippen LogP contribution in [0.5, 0.6) is 5.75 Å². The van der Waals surface area contributed by atoms with Crippen LogP contribution in [0.25, 0.3) is 0 Å². The molecule has 0 fully saturated rings. The molecule has 8 heteroatoms. The van der Waals surface area contributed by atoms with Gasteiger partial charge in [-0.3, -0.25) is 0 Å². The van der Waals surface area contributed by atoms with Gasteiger partial charge in [-0.15, -0.1) is 0 Å². The van der Waals surface area contributed by atoms with E-state index in [4.69, 9.17) is 9.84 Å². The summed E-state index contributed by atoms with van der Waals surface area (Å²) in [6, 6.07) is 3.08. The molecule has 0 saturated heterocycles. The SMILES string of the molecule is CCOC(C)(C)CNS(=O)(=O)c1ccc(O)c(C(=O)O)c1. The Morgan fingerprint density at radius 3 is 2.52 bits per heavy atom. The van der Waals surface area contributed by atoms with Crippen LogP contribution in [0.2, 0.25) is 0 Å². The zero-order valence-electron chi connectivity index (χ0n) is 12.1. The largest absolute Gasteiger partial charge is 0.507 e. The number of ether oxygens (including phenoxy) is 1. The van der Waals surface area contributed by atoms with Gasteiger partial charge in [-0.1, -0.05) is 0 Å². The summed E-state index contributed by atoms with van der Waals surface area (Å²) in [5.41, 5.74) is -1.16. The Hall–Kier alpha value is -1.64. The Morgan fingerprint density at radius 2 is 2.00 bits per heavy atom. The topological polar surface area (TPSA) is 113 Å². The highest BCUT2D eigenvalue weighted by molar-refractivity contribution is 7.89. The van der Waals surface area contributed by atoms with Crippen LogP contribution >= 0.6 is 0 Å². The first-order chi connectivity index (χ1) is 9.59. The van der Waals surface area contributed by atoms with Crippen molar-refractivity contribution in [1.29, 1.82) is 0 Å². The number of aromatic carboxylic acids is 1. The van der Waals surface area contributed by atoms with E-state index >= 15 is 0 Å². The molecule has 118 valence electrons. The van der Waals surface area contributed by atoms with E-state index in [1.54, 1.807) is 20.8 Å². The van der Waals surface area contributed by atoms with Crippen LogP contribution in [-0.4, -0.2) is 43.4 Å². The smallest absolute Gasteiger partial charge is 0.339 e. The normalized spacial score (nSPS) is 12.3. The van der Waals surface area contributed by atoms with Crippen LogP contribution < -0.4 is 4.72 Å². The number of carboxylic acid groups (broad SMARTS) is 1. The summed E-state index contributed by atoms with van der Waals surface area (Å²) >= 11 is 0. The second kappa shape index (κ2) is 6.42. The number of aromatic hydroxyl groups is 1. The third-order valence-corrected chi connectivity index (χ3v) is 4.13. The first kappa shape index (κ1) is 17.4. The molecular formula is C13H19NO6S. The first-order valence-corrected chi connectivity index (χ1v) is 7.77. The predicted molar refractivity (Wildman–Crippen MR) is 76.0 cm³/mol. The second-order valence-corrected chi connectivity index (χ2v) is 6.77. The van der Waals surface area contributed by atoms with Crippen LogP contribution in [-0.2, 0) is 14.8 Å². The fourth-order valence-corrected chi connectivity index (χ4v) is 2.87. The van der Waals surface area contributed by atoms with Crippen LogP contribution in [0, 0.1) is 0 Å². The van der Waals surface area contributed by atoms with Gasteiger partial charge in [0.2, 0.25) is 10.0 Å². The Kier molecular flexibility index (Phi) is 5.32. The van der Waals surface area contributed by atoms with E-state index in [0.717, 1.165) is 18.2 Å². The summed E-state index contributed by atoms with van der Waals surface area (Å²) in [6.45, 7) is 5.75. The van der Waals surface area contributed by atoms with Gasteiger partial charge in [0.25, 0.3) is 0 Å². The Balaban J connectivity index is 2.99. The molecule has 0 radical (unpaired) electrons. The van der Waals surface area contributed by atoms with Crippen molar-refractivity contribution in [2.24, 2.45) is 0 Å². The lowest BCUT2D eigenvalue weighted by atomic mass is 10.1. The number of nitrogens with one attached hydrogen (secondary N) is 1.